The summed E-state index contributed by atoms with van der Waals surface area (Å²) in [4.78, 5) is 0. The fraction of sp³-hybridized carbons (Fsp3) is 0.143. The topological polar surface area (TPSA) is 29.5 Å². The molecule has 0 aliphatic carbocycles. The molecule has 19 heavy (non-hydrogen) atoms. The highest BCUT2D eigenvalue weighted by atomic mass is 35.5. The Morgan fingerprint density at radius 3 is 2.37 bits per heavy atom. The van der Waals surface area contributed by atoms with Gasteiger partial charge in [0.1, 0.15) is 11.6 Å². The van der Waals surface area contributed by atoms with Gasteiger partial charge in [0, 0.05) is 6.07 Å². The van der Waals surface area contributed by atoms with Crippen LogP contribution in [0.5, 0.6) is 11.5 Å². The molecule has 5 heteroatoms. The van der Waals surface area contributed by atoms with E-state index in [-0.39, 0.29) is 16.5 Å². The molecule has 2 aromatic carbocycles. The van der Waals surface area contributed by atoms with E-state index in [2.05, 4.69) is 0 Å². The minimum Gasteiger partial charge on any atom is -0.453 e. The van der Waals surface area contributed by atoms with Crippen LogP contribution in [0.3, 0.4) is 0 Å². The standard InChI is InChI=1S/C14H11ClF2O2/c1-8(18)9-2-4-13(11(15)6-9)19-14-5-3-10(16)7-12(14)17/h2-8,18H,1H3. The van der Waals surface area contributed by atoms with E-state index in [1.165, 1.54) is 18.2 Å². The Hall–Kier alpha value is -1.65. The van der Waals surface area contributed by atoms with Crippen molar-refractivity contribution >= 4 is 11.6 Å². The molecule has 0 saturated heterocycles. The van der Waals surface area contributed by atoms with Crippen molar-refractivity contribution in [2.45, 2.75) is 13.0 Å². The highest BCUT2D eigenvalue weighted by Crippen LogP contribution is 2.32. The number of rotatable bonds is 3. The van der Waals surface area contributed by atoms with Gasteiger partial charge in [-0.05, 0) is 36.8 Å². The predicted molar refractivity (Wildman–Crippen MR) is 68.5 cm³/mol. The van der Waals surface area contributed by atoms with Gasteiger partial charge in [0.2, 0.25) is 0 Å². The molecule has 0 aromatic heterocycles. The molecule has 0 aliphatic heterocycles. The van der Waals surface area contributed by atoms with Crippen molar-refractivity contribution in [2.75, 3.05) is 0 Å². The number of hydrogen-bond acceptors (Lipinski definition) is 2. The normalized spacial score (nSPS) is 12.3. The third-order valence-electron chi connectivity index (χ3n) is 2.55. The monoisotopic (exact) mass is 284 g/mol. The molecule has 0 bridgehead atoms. The zero-order valence-corrected chi connectivity index (χ0v) is 10.8. The van der Waals surface area contributed by atoms with Crippen molar-refractivity contribution in [1.82, 2.24) is 0 Å². The average molecular weight is 285 g/mol. The Balaban J connectivity index is 2.28. The highest BCUT2D eigenvalue weighted by molar-refractivity contribution is 6.32. The third kappa shape index (κ3) is 3.22. The second-order valence-corrected chi connectivity index (χ2v) is 4.45. The SMILES string of the molecule is CC(O)c1ccc(Oc2ccc(F)cc2F)c(Cl)c1. The molecule has 0 spiro atoms. The first-order chi connectivity index (χ1) is 8.97. The van der Waals surface area contributed by atoms with Crippen LogP contribution in [0, 0.1) is 11.6 Å². The van der Waals surface area contributed by atoms with Crippen LogP contribution in [0.4, 0.5) is 8.78 Å². The summed E-state index contributed by atoms with van der Waals surface area (Å²) in [6.07, 6.45) is -0.658. The third-order valence-corrected chi connectivity index (χ3v) is 2.85. The molecule has 0 aliphatic rings. The maximum atomic E-state index is 13.4. The van der Waals surface area contributed by atoms with Gasteiger partial charge < -0.3 is 9.84 Å². The van der Waals surface area contributed by atoms with Crippen LogP contribution in [0.25, 0.3) is 0 Å². The molecule has 100 valence electrons. The molecule has 2 aromatic rings. The Morgan fingerprint density at radius 2 is 1.79 bits per heavy atom. The van der Waals surface area contributed by atoms with E-state index in [0.29, 0.717) is 5.56 Å². The average Bonchev–Trinajstić information content (AvgIpc) is 2.34. The van der Waals surface area contributed by atoms with Gasteiger partial charge in [-0.1, -0.05) is 17.7 Å². The molecule has 1 N–H and O–H groups in total. The van der Waals surface area contributed by atoms with Crippen molar-refractivity contribution < 1.29 is 18.6 Å². The molecule has 2 nitrogen and oxygen atoms in total. The Bertz CT molecular complexity index is 600. The van der Waals surface area contributed by atoms with Crippen molar-refractivity contribution in [3.8, 4) is 11.5 Å². The first-order valence-electron chi connectivity index (χ1n) is 5.58. The predicted octanol–water partition coefficient (Wildman–Crippen LogP) is 4.46. The lowest BCUT2D eigenvalue weighted by Crippen LogP contribution is -1.93. The summed E-state index contributed by atoms with van der Waals surface area (Å²) in [6.45, 7) is 1.60. The van der Waals surface area contributed by atoms with Crippen LogP contribution in [0.2, 0.25) is 5.02 Å². The molecular weight excluding hydrogens is 274 g/mol. The molecule has 2 rings (SSSR count). The Morgan fingerprint density at radius 1 is 1.11 bits per heavy atom. The molecule has 1 atom stereocenters. The molecule has 0 heterocycles. The number of aliphatic hydroxyl groups is 1. The van der Waals surface area contributed by atoms with E-state index in [9.17, 15) is 13.9 Å². The van der Waals surface area contributed by atoms with Gasteiger partial charge in [0.15, 0.2) is 11.6 Å². The van der Waals surface area contributed by atoms with Gasteiger partial charge in [0.05, 0.1) is 11.1 Å². The lowest BCUT2D eigenvalue weighted by Gasteiger charge is -2.11. The van der Waals surface area contributed by atoms with Crippen molar-refractivity contribution in [3.05, 3.63) is 58.6 Å². The van der Waals surface area contributed by atoms with Crippen LogP contribution < -0.4 is 4.74 Å². The van der Waals surface area contributed by atoms with Crippen LogP contribution in [-0.4, -0.2) is 5.11 Å². The first kappa shape index (κ1) is 13.8. The summed E-state index contributed by atoms with van der Waals surface area (Å²) >= 11 is 5.97. The van der Waals surface area contributed by atoms with E-state index < -0.39 is 17.7 Å². The van der Waals surface area contributed by atoms with Crippen molar-refractivity contribution in [3.63, 3.8) is 0 Å². The number of benzene rings is 2. The maximum absolute atomic E-state index is 13.4. The first-order valence-corrected chi connectivity index (χ1v) is 5.95. The fourth-order valence-electron chi connectivity index (χ4n) is 1.54. The van der Waals surface area contributed by atoms with Gasteiger partial charge in [-0.25, -0.2) is 8.78 Å². The van der Waals surface area contributed by atoms with Gasteiger partial charge in [-0.15, -0.1) is 0 Å². The quantitative estimate of drug-likeness (QED) is 0.901. The largest absolute Gasteiger partial charge is 0.453 e. The highest BCUT2D eigenvalue weighted by Gasteiger charge is 2.10. The molecule has 0 amide bonds. The Labute approximate surface area is 114 Å². The molecule has 0 fully saturated rings. The van der Waals surface area contributed by atoms with Gasteiger partial charge in [0.25, 0.3) is 0 Å². The summed E-state index contributed by atoms with van der Waals surface area (Å²) < 4.78 is 31.5. The van der Waals surface area contributed by atoms with E-state index in [1.807, 2.05) is 0 Å². The summed E-state index contributed by atoms with van der Waals surface area (Å²) in [5, 5.41) is 9.64. The van der Waals surface area contributed by atoms with Crippen molar-refractivity contribution in [1.29, 1.82) is 0 Å². The summed E-state index contributed by atoms with van der Waals surface area (Å²) in [7, 11) is 0. The number of halogens is 3. The lowest BCUT2D eigenvalue weighted by molar-refractivity contribution is 0.199. The van der Waals surface area contributed by atoms with Crippen LogP contribution in [-0.2, 0) is 0 Å². The lowest BCUT2D eigenvalue weighted by atomic mass is 10.1. The molecular formula is C14H11ClF2O2. The van der Waals surface area contributed by atoms with E-state index in [4.69, 9.17) is 16.3 Å². The van der Waals surface area contributed by atoms with Crippen LogP contribution in [0.15, 0.2) is 36.4 Å². The number of aliphatic hydroxyl groups excluding tert-OH is 1. The minimum absolute atomic E-state index is 0.118. The molecule has 0 saturated carbocycles. The molecule has 1 unspecified atom stereocenters. The zero-order valence-electron chi connectivity index (χ0n) is 10.0. The summed E-state index contributed by atoms with van der Waals surface area (Å²) in [5.41, 5.74) is 0.622. The number of ether oxygens (including phenoxy) is 1. The fourth-order valence-corrected chi connectivity index (χ4v) is 1.76. The Kier molecular flexibility index (Phi) is 4.02. The summed E-state index contributed by atoms with van der Waals surface area (Å²) in [5.74, 6) is -1.37. The van der Waals surface area contributed by atoms with E-state index in [1.54, 1.807) is 13.0 Å². The van der Waals surface area contributed by atoms with Gasteiger partial charge in [-0.3, -0.25) is 0 Å². The maximum Gasteiger partial charge on any atom is 0.168 e. The van der Waals surface area contributed by atoms with E-state index in [0.717, 1.165) is 12.1 Å². The number of hydrogen-bond donors (Lipinski definition) is 1. The van der Waals surface area contributed by atoms with Crippen LogP contribution in [0.1, 0.15) is 18.6 Å². The van der Waals surface area contributed by atoms with E-state index >= 15 is 0 Å². The zero-order chi connectivity index (χ0) is 14.0. The van der Waals surface area contributed by atoms with Gasteiger partial charge in [-0.2, -0.15) is 0 Å². The second kappa shape index (κ2) is 5.55. The van der Waals surface area contributed by atoms with Crippen LogP contribution >= 0.6 is 11.6 Å². The minimum atomic E-state index is -0.810. The smallest absolute Gasteiger partial charge is 0.168 e. The van der Waals surface area contributed by atoms with Gasteiger partial charge >= 0.3 is 0 Å². The molecule has 0 radical (unpaired) electrons. The van der Waals surface area contributed by atoms with Crippen molar-refractivity contribution in [2.24, 2.45) is 0 Å². The second-order valence-electron chi connectivity index (χ2n) is 4.04. The summed E-state index contributed by atoms with van der Waals surface area (Å²) in [6, 6.07) is 7.68.